The zero-order valence-corrected chi connectivity index (χ0v) is 10.6. The third kappa shape index (κ3) is 3.66. The van der Waals surface area contributed by atoms with Crippen molar-refractivity contribution >= 4 is 11.7 Å². The molecule has 1 aromatic rings. The second-order valence-corrected chi connectivity index (χ2v) is 4.38. The van der Waals surface area contributed by atoms with Crippen molar-refractivity contribution in [2.24, 2.45) is 0 Å². The number of hydrogen-bond acceptors (Lipinski definition) is 5. The van der Waals surface area contributed by atoms with Crippen LogP contribution in [-0.2, 0) is 11.3 Å². The summed E-state index contributed by atoms with van der Waals surface area (Å²) in [4.78, 5) is 22.0. The molecule has 0 aliphatic carbocycles. The van der Waals surface area contributed by atoms with Gasteiger partial charge in [-0.3, -0.25) is 14.7 Å². The summed E-state index contributed by atoms with van der Waals surface area (Å²) in [7, 11) is 0. The van der Waals surface area contributed by atoms with E-state index in [4.69, 9.17) is 0 Å². The summed E-state index contributed by atoms with van der Waals surface area (Å²) in [5.41, 5.74) is 0.895. The molecule has 1 fully saturated rings. The van der Waals surface area contributed by atoms with Gasteiger partial charge in [0.25, 0.3) is 0 Å². The molecule has 1 aliphatic heterocycles. The Labute approximate surface area is 107 Å². The highest BCUT2D eigenvalue weighted by Gasteiger charge is 2.16. The van der Waals surface area contributed by atoms with E-state index in [1.807, 2.05) is 0 Å². The first-order valence-corrected chi connectivity index (χ1v) is 6.32. The van der Waals surface area contributed by atoms with Crippen molar-refractivity contribution in [2.75, 3.05) is 31.5 Å². The minimum atomic E-state index is 0.0791. The number of amides is 1. The number of hydrogen-bond donors (Lipinski definition) is 2. The van der Waals surface area contributed by atoms with E-state index in [-0.39, 0.29) is 5.91 Å². The van der Waals surface area contributed by atoms with E-state index in [9.17, 15) is 4.79 Å². The Morgan fingerprint density at radius 3 is 3.00 bits per heavy atom. The molecule has 0 aromatic carbocycles. The van der Waals surface area contributed by atoms with Crippen LogP contribution in [0.4, 0.5) is 5.82 Å². The molecule has 0 unspecified atom stereocenters. The Morgan fingerprint density at radius 2 is 2.33 bits per heavy atom. The van der Waals surface area contributed by atoms with E-state index in [0.717, 1.165) is 31.0 Å². The van der Waals surface area contributed by atoms with Crippen molar-refractivity contribution in [3.63, 3.8) is 0 Å². The van der Waals surface area contributed by atoms with Crippen molar-refractivity contribution in [2.45, 2.75) is 19.9 Å². The first-order chi connectivity index (χ1) is 8.78. The number of piperazine rings is 1. The molecule has 2 rings (SSSR count). The average molecular weight is 249 g/mol. The second-order valence-electron chi connectivity index (χ2n) is 4.38. The highest BCUT2D eigenvalue weighted by Crippen LogP contribution is 2.05. The maximum atomic E-state index is 11.2. The lowest BCUT2D eigenvalue weighted by Gasteiger charge is -2.25. The molecule has 6 heteroatoms. The fraction of sp³-hybridized carbons (Fsp3) is 0.583. The zero-order valence-electron chi connectivity index (χ0n) is 10.6. The predicted octanol–water partition coefficient (Wildman–Crippen LogP) is 0.230. The van der Waals surface area contributed by atoms with E-state index in [1.54, 1.807) is 12.4 Å². The SMILES string of the molecule is CCCNc1cnc(CN2CCNC(=O)C2)cn1. The van der Waals surface area contributed by atoms with Gasteiger partial charge in [0.05, 0.1) is 24.6 Å². The van der Waals surface area contributed by atoms with Crippen LogP contribution in [0, 0.1) is 0 Å². The fourth-order valence-electron chi connectivity index (χ4n) is 1.84. The summed E-state index contributed by atoms with van der Waals surface area (Å²) in [5.74, 6) is 0.882. The molecule has 6 nitrogen and oxygen atoms in total. The molecule has 0 saturated carbocycles. The topological polar surface area (TPSA) is 70.2 Å². The van der Waals surface area contributed by atoms with Gasteiger partial charge >= 0.3 is 0 Å². The van der Waals surface area contributed by atoms with Gasteiger partial charge in [0.1, 0.15) is 5.82 Å². The molecular weight excluding hydrogens is 230 g/mol. The number of anilines is 1. The number of nitrogens with zero attached hydrogens (tertiary/aromatic N) is 3. The van der Waals surface area contributed by atoms with Crippen LogP contribution in [0.15, 0.2) is 12.4 Å². The number of nitrogens with one attached hydrogen (secondary N) is 2. The Balaban J connectivity index is 1.87. The van der Waals surface area contributed by atoms with Crippen LogP contribution >= 0.6 is 0 Å². The normalized spacial score (nSPS) is 16.4. The summed E-state index contributed by atoms with van der Waals surface area (Å²) in [6.45, 7) is 5.70. The van der Waals surface area contributed by atoms with E-state index in [2.05, 4.69) is 32.4 Å². The molecule has 2 heterocycles. The number of carbonyl (C=O) groups excluding carboxylic acids is 1. The Kier molecular flexibility index (Phi) is 4.46. The molecule has 18 heavy (non-hydrogen) atoms. The quantitative estimate of drug-likeness (QED) is 0.782. The zero-order chi connectivity index (χ0) is 12.8. The highest BCUT2D eigenvalue weighted by atomic mass is 16.2. The largest absolute Gasteiger partial charge is 0.369 e. The molecule has 1 saturated heterocycles. The Morgan fingerprint density at radius 1 is 1.44 bits per heavy atom. The Bertz CT molecular complexity index is 392. The minimum absolute atomic E-state index is 0.0791. The summed E-state index contributed by atoms with van der Waals surface area (Å²) >= 11 is 0. The van der Waals surface area contributed by atoms with Crippen LogP contribution in [0.3, 0.4) is 0 Å². The fourth-order valence-corrected chi connectivity index (χ4v) is 1.84. The van der Waals surface area contributed by atoms with Gasteiger partial charge in [-0.2, -0.15) is 0 Å². The maximum Gasteiger partial charge on any atom is 0.234 e. The molecule has 0 spiro atoms. The van der Waals surface area contributed by atoms with Gasteiger partial charge in [0.2, 0.25) is 5.91 Å². The first-order valence-electron chi connectivity index (χ1n) is 6.32. The lowest BCUT2D eigenvalue weighted by atomic mass is 10.3. The van der Waals surface area contributed by atoms with Crippen LogP contribution in [-0.4, -0.2) is 47.0 Å². The first kappa shape index (κ1) is 12.8. The molecule has 0 atom stereocenters. The van der Waals surface area contributed by atoms with E-state index in [1.165, 1.54) is 0 Å². The van der Waals surface area contributed by atoms with Gasteiger partial charge in [-0.25, -0.2) is 4.98 Å². The molecular formula is C12H19N5O. The summed E-state index contributed by atoms with van der Waals surface area (Å²) in [6, 6.07) is 0. The van der Waals surface area contributed by atoms with E-state index < -0.39 is 0 Å². The van der Waals surface area contributed by atoms with Gasteiger partial charge in [-0.1, -0.05) is 6.92 Å². The lowest BCUT2D eigenvalue weighted by Crippen LogP contribution is -2.47. The highest BCUT2D eigenvalue weighted by molar-refractivity contribution is 5.78. The van der Waals surface area contributed by atoms with Gasteiger partial charge < -0.3 is 10.6 Å². The molecule has 1 amide bonds. The molecule has 98 valence electrons. The Hall–Kier alpha value is -1.69. The molecule has 1 aromatic heterocycles. The summed E-state index contributed by atoms with van der Waals surface area (Å²) in [5, 5.41) is 5.98. The van der Waals surface area contributed by atoms with Gasteiger partial charge in [-0.15, -0.1) is 0 Å². The van der Waals surface area contributed by atoms with Crippen molar-refractivity contribution < 1.29 is 4.79 Å². The maximum absolute atomic E-state index is 11.2. The monoisotopic (exact) mass is 249 g/mol. The molecule has 0 bridgehead atoms. The van der Waals surface area contributed by atoms with Crippen molar-refractivity contribution in [1.82, 2.24) is 20.2 Å². The van der Waals surface area contributed by atoms with Crippen molar-refractivity contribution in [1.29, 1.82) is 0 Å². The third-order valence-corrected chi connectivity index (χ3v) is 2.76. The molecule has 2 N–H and O–H groups in total. The minimum Gasteiger partial charge on any atom is -0.369 e. The van der Waals surface area contributed by atoms with E-state index in [0.29, 0.717) is 19.6 Å². The van der Waals surface area contributed by atoms with Crippen molar-refractivity contribution in [3.8, 4) is 0 Å². The summed E-state index contributed by atoms with van der Waals surface area (Å²) in [6.07, 6.45) is 4.58. The number of rotatable bonds is 5. The average Bonchev–Trinajstić information content (AvgIpc) is 2.38. The third-order valence-electron chi connectivity index (χ3n) is 2.76. The second kappa shape index (κ2) is 6.30. The van der Waals surface area contributed by atoms with Crippen LogP contribution in [0.5, 0.6) is 0 Å². The van der Waals surface area contributed by atoms with Crippen LogP contribution in [0.25, 0.3) is 0 Å². The van der Waals surface area contributed by atoms with E-state index >= 15 is 0 Å². The number of aromatic nitrogens is 2. The van der Waals surface area contributed by atoms with Crippen molar-refractivity contribution in [3.05, 3.63) is 18.1 Å². The van der Waals surface area contributed by atoms with Crippen LogP contribution in [0.1, 0.15) is 19.0 Å². The predicted molar refractivity (Wildman–Crippen MR) is 69.1 cm³/mol. The standard InChI is InChI=1S/C12H19N5O/c1-2-3-13-11-7-15-10(6-16-11)8-17-5-4-14-12(18)9-17/h6-7H,2-5,8-9H2,1H3,(H,13,16)(H,14,18). The molecule has 0 radical (unpaired) electrons. The summed E-state index contributed by atoms with van der Waals surface area (Å²) < 4.78 is 0. The van der Waals surface area contributed by atoms with Crippen LogP contribution < -0.4 is 10.6 Å². The van der Waals surface area contributed by atoms with Gasteiger partial charge in [0.15, 0.2) is 0 Å². The van der Waals surface area contributed by atoms with Gasteiger partial charge in [0, 0.05) is 26.2 Å². The van der Waals surface area contributed by atoms with Gasteiger partial charge in [-0.05, 0) is 6.42 Å². The lowest BCUT2D eigenvalue weighted by molar-refractivity contribution is -0.124. The smallest absolute Gasteiger partial charge is 0.234 e. The number of carbonyl (C=O) groups is 1. The molecule has 1 aliphatic rings. The van der Waals surface area contributed by atoms with Crippen LogP contribution in [0.2, 0.25) is 0 Å².